The quantitative estimate of drug-likeness (QED) is 0.565. The molecule has 2 fully saturated rings. The number of thiazole rings is 1. The molecule has 0 saturated heterocycles. The van der Waals surface area contributed by atoms with E-state index in [2.05, 4.69) is 15.3 Å². The van der Waals surface area contributed by atoms with Gasteiger partial charge in [-0.15, -0.1) is 0 Å². The maximum Gasteiger partial charge on any atom is 0.330 e. The van der Waals surface area contributed by atoms with E-state index in [0.717, 1.165) is 52.2 Å². The molecule has 6 rings (SSSR count). The smallest absolute Gasteiger partial charge is 0.330 e. The van der Waals surface area contributed by atoms with Gasteiger partial charge in [-0.25, -0.2) is 19.2 Å². The van der Waals surface area contributed by atoms with Gasteiger partial charge in [-0.05, 0) is 56.0 Å². The Balaban J connectivity index is 1.25. The van der Waals surface area contributed by atoms with Gasteiger partial charge in [0, 0.05) is 24.3 Å². The number of pyridine rings is 1. The van der Waals surface area contributed by atoms with Crippen LogP contribution in [0, 0.1) is 5.82 Å². The van der Waals surface area contributed by atoms with Crippen LogP contribution in [0.1, 0.15) is 37.8 Å². The van der Waals surface area contributed by atoms with Crippen molar-refractivity contribution >= 4 is 37.8 Å². The highest BCUT2D eigenvalue weighted by Crippen LogP contribution is 2.40. The molecule has 142 valence electrons. The summed E-state index contributed by atoms with van der Waals surface area (Å²) in [6.45, 7) is 0. The minimum Gasteiger partial charge on any atom is -0.359 e. The Kier molecular flexibility index (Phi) is 3.41. The second-order valence-electron chi connectivity index (χ2n) is 7.70. The molecule has 2 saturated carbocycles. The number of halogens is 1. The fourth-order valence-corrected chi connectivity index (χ4v) is 5.11. The normalized spacial score (nSPS) is 21.9. The Labute approximate surface area is 163 Å². The first-order valence-electron chi connectivity index (χ1n) is 9.57. The Hall–Kier alpha value is -2.74. The van der Waals surface area contributed by atoms with Crippen LogP contribution in [0.3, 0.4) is 0 Å². The van der Waals surface area contributed by atoms with Gasteiger partial charge in [-0.1, -0.05) is 11.3 Å². The van der Waals surface area contributed by atoms with Crippen LogP contribution >= 0.6 is 11.3 Å². The second-order valence-corrected chi connectivity index (χ2v) is 8.73. The van der Waals surface area contributed by atoms with Crippen molar-refractivity contribution in [2.45, 2.75) is 43.8 Å². The molecule has 0 spiro atoms. The number of hydrogen-bond acceptors (Lipinski definition) is 5. The molecule has 0 atom stereocenters. The minimum absolute atomic E-state index is 0.0649. The predicted molar refractivity (Wildman–Crippen MR) is 108 cm³/mol. The van der Waals surface area contributed by atoms with E-state index in [1.54, 1.807) is 12.3 Å². The van der Waals surface area contributed by atoms with Gasteiger partial charge in [-0.3, -0.25) is 9.13 Å². The number of fused-ring (bicyclic) bond motifs is 2. The first kappa shape index (κ1) is 16.2. The van der Waals surface area contributed by atoms with Crippen LogP contribution in [0.15, 0.2) is 41.3 Å². The van der Waals surface area contributed by atoms with Crippen molar-refractivity contribution in [1.82, 2.24) is 19.1 Å². The molecule has 3 heterocycles. The molecule has 0 bridgehead atoms. The van der Waals surface area contributed by atoms with Gasteiger partial charge in [0.05, 0.1) is 15.7 Å². The van der Waals surface area contributed by atoms with Crippen molar-refractivity contribution in [1.29, 1.82) is 0 Å². The molecule has 0 unspecified atom stereocenters. The highest BCUT2D eigenvalue weighted by molar-refractivity contribution is 7.22. The molecule has 1 N–H and O–H groups in total. The zero-order chi connectivity index (χ0) is 18.8. The van der Waals surface area contributed by atoms with E-state index in [1.807, 2.05) is 21.3 Å². The number of nitrogens with zero attached hydrogens (tertiary/aromatic N) is 4. The van der Waals surface area contributed by atoms with Crippen molar-refractivity contribution in [3.05, 3.63) is 52.8 Å². The Morgan fingerprint density at radius 2 is 2.00 bits per heavy atom. The van der Waals surface area contributed by atoms with E-state index < -0.39 is 0 Å². The van der Waals surface area contributed by atoms with E-state index in [9.17, 15) is 9.18 Å². The van der Waals surface area contributed by atoms with E-state index in [-0.39, 0.29) is 23.6 Å². The van der Waals surface area contributed by atoms with E-state index in [4.69, 9.17) is 0 Å². The number of benzene rings is 1. The van der Waals surface area contributed by atoms with E-state index in [0.29, 0.717) is 6.04 Å². The Morgan fingerprint density at radius 1 is 1.14 bits per heavy atom. The summed E-state index contributed by atoms with van der Waals surface area (Å²) < 4.78 is 18.0. The Morgan fingerprint density at radius 3 is 2.82 bits per heavy atom. The molecular formula is C20H18FN5OS. The molecule has 28 heavy (non-hydrogen) atoms. The maximum absolute atomic E-state index is 13.4. The standard InChI is InChI=1S/C20H18FN5OS/c21-11-3-6-15-17(8-11)28-19(24-15)23-12-9-14(10-12)26-18-16(2-1-7-22-18)25(20(26)27)13-4-5-13/h1-3,6-8,12-14H,4-5,9-10H2,(H,23,24). The van der Waals surface area contributed by atoms with Crippen LogP contribution in [0.25, 0.3) is 21.4 Å². The molecule has 0 amide bonds. The van der Waals surface area contributed by atoms with Crippen LogP contribution < -0.4 is 11.0 Å². The minimum atomic E-state index is -0.245. The number of rotatable bonds is 4. The van der Waals surface area contributed by atoms with Crippen LogP contribution in [-0.2, 0) is 0 Å². The van der Waals surface area contributed by atoms with Gasteiger partial charge in [-0.2, -0.15) is 0 Å². The summed E-state index contributed by atoms with van der Waals surface area (Å²) in [6, 6.07) is 9.27. The number of nitrogens with one attached hydrogen (secondary N) is 1. The van der Waals surface area contributed by atoms with Gasteiger partial charge in [0.1, 0.15) is 5.82 Å². The zero-order valence-electron chi connectivity index (χ0n) is 15.0. The van der Waals surface area contributed by atoms with Crippen molar-refractivity contribution in [2.24, 2.45) is 0 Å². The summed E-state index contributed by atoms with van der Waals surface area (Å²) in [4.78, 5) is 22.1. The van der Waals surface area contributed by atoms with Crippen LogP contribution in [0.5, 0.6) is 0 Å². The van der Waals surface area contributed by atoms with Crippen molar-refractivity contribution in [2.75, 3.05) is 5.32 Å². The van der Waals surface area contributed by atoms with Crippen molar-refractivity contribution < 1.29 is 4.39 Å². The Bertz CT molecular complexity index is 1260. The molecule has 2 aliphatic carbocycles. The summed E-state index contributed by atoms with van der Waals surface area (Å²) in [6.07, 6.45) is 5.60. The molecule has 3 aromatic heterocycles. The molecular weight excluding hydrogens is 377 g/mol. The zero-order valence-corrected chi connectivity index (χ0v) is 15.8. The summed E-state index contributed by atoms with van der Waals surface area (Å²) >= 11 is 1.46. The summed E-state index contributed by atoms with van der Waals surface area (Å²) in [5.41, 5.74) is 2.60. The summed E-state index contributed by atoms with van der Waals surface area (Å²) in [7, 11) is 0. The average molecular weight is 395 g/mol. The third kappa shape index (κ3) is 2.47. The van der Waals surface area contributed by atoms with Gasteiger partial charge in [0.25, 0.3) is 0 Å². The van der Waals surface area contributed by atoms with Gasteiger partial charge in [0.15, 0.2) is 10.8 Å². The molecule has 4 aromatic rings. The lowest BCUT2D eigenvalue weighted by Crippen LogP contribution is -2.41. The lowest BCUT2D eigenvalue weighted by molar-refractivity contribution is 0.280. The third-order valence-corrected chi connectivity index (χ3v) is 6.68. The molecule has 1 aromatic carbocycles. The number of aromatic nitrogens is 4. The maximum atomic E-state index is 13.4. The lowest BCUT2D eigenvalue weighted by atomic mass is 9.86. The van der Waals surface area contributed by atoms with Gasteiger partial charge in [0.2, 0.25) is 0 Å². The number of hydrogen-bond donors (Lipinski definition) is 1. The summed E-state index contributed by atoms with van der Waals surface area (Å²) in [5, 5.41) is 4.24. The van der Waals surface area contributed by atoms with E-state index in [1.165, 1.54) is 23.5 Å². The third-order valence-electron chi connectivity index (χ3n) is 5.73. The first-order chi connectivity index (χ1) is 13.7. The van der Waals surface area contributed by atoms with Crippen molar-refractivity contribution in [3.8, 4) is 0 Å². The molecule has 8 heteroatoms. The number of imidazole rings is 1. The molecule has 6 nitrogen and oxygen atoms in total. The number of anilines is 1. The predicted octanol–water partition coefficient (Wildman–Crippen LogP) is 4.10. The largest absolute Gasteiger partial charge is 0.359 e. The SMILES string of the molecule is O=c1n(C2CC2)c2cccnc2n1C1CC(Nc2nc3ccc(F)cc3s2)C1. The molecule has 0 radical (unpaired) electrons. The molecule has 2 aliphatic rings. The van der Waals surface area contributed by atoms with Crippen molar-refractivity contribution in [3.63, 3.8) is 0 Å². The highest BCUT2D eigenvalue weighted by atomic mass is 32.1. The fraction of sp³-hybridized carbons (Fsp3) is 0.350. The first-order valence-corrected chi connectivity index (χ1v) is 10.4. The monoisotopic (exact) mass is 395 g/mol. The van der Waals surface area contributed by atoms with Crippen LogP contribution in [0.4, 0.5) is 9.52 Å². The highest BCUT2D eigenvalue weighted by Gasteiger charge is 2.36. The lowest BCUT2D eigenvalue weighted by Gasteiger charge is -2.36. The fourth-order valence-electron chi connectivity index (χ4n) is 4.14. The van der Waals surface area contributed by atoms with E-state index >= 15 is 0 Å². The summed E-state index contributed by atoms with van der Waals surface area (Å²) in [5.74, 6) is -0.245. The topological polar surface area (TPSA) is 64.7 Å². The molecule has 0 aliphatic heterocycles. The van der Waals surface area contributed by atoms with Crippen LogP contribution in [-0.4, -0.2) is 25.1 Å². The average Bonchev–Trinajstić information content (AvgIpc) is 3.33. The second kappa shape index (κ2) is 5.88. The van der Waals surface area contributed by atoms with Crippen LogP contribution in [0.2, 0.25) is 0 Å². The van der Waals surface area contributed by atoms with Gasteiger partial charge >= 0.3 is 5.69 Å². The van der Waals surface area contributed by atoms with Gasteiger partial charge < -0.3 is 5.32 Å².